The van der Waals surface area contributed by atoms with Gasteiger partial charge in [0.25, 0.3) is 5.88 Å². The van der Waals surface area contributed by atoms with Crippen LogP contribution >= 0.6 is 0 Å². The second-order valence-electron chi connectivity index (χ2n) is 4.47. The molecule has 23 heavy (non-hydrogen) atoms. The number of nitrogen functional groups attached to an aromatic ring is 1. The number of pyridine rings is 1. The zero-order valence-corrected chi connectivity index (χ0v) is 12.3. The molecule has 1 amide bonds. The second-order valence-corrected chi connectivity index (χ2v) is 4.47. The number of hydrogen-bond donors (Lipinski definition) is 2. The fourth-order valence-corrected chi connectivity index (χ4v) is 1.68. The van der Waals surface area contributed by atoms with E-state index in [0.717, 1.165) is 6.07 Å². The van der Waals surface area contributed by atoms with E-state index in [9.17, 15) is 13.6 Å². The van der Waals surface area contributed by atoms with Crippen LogP contribution < -0.4 is 15.8 Å². The lowest BCUT2D eigenvalue weighted by Crippen LogP contribution is -2.16. The maximum Gasteiger partial charge on any atom is 0.412 e. The first-order valence-corrected chi connectivity index (χ1v) is 6.76. The summed E-state index contributed by atoms with van der Waals surface area (Å²) in [5.41, 5.74) is 6.15. The molecule has 3 N–H and O–H groups in total. The van der Waals surface area contributed by atoms with E-state index in [-0.39, 0.29) is 36.4 Å². The molecule has 1 heterocycles. The molecule has 0 fully saturated rings. The molecule has 8 heteroatoms. The third kappa shape index (κ3) is 4.53. The lowest BCUT2D eigenvalue weighted by Gasteiger charge is -2.11. The van der Waals surface area contributed by atoms with Gasteiger partial charge in [-0.15, -0.1) is 0 Å². The van der Waals surface area contributed by atoms with Gasteiger partial charge in [0.2, 0.25) is 0 Å². The Morgan fingerprint density at radius 2 is 2.00 bits per heavy atom. The second kappa shape index (κ2) is 7.39. The molecule has 0 saturated heterocycles. The van der Waals surface area contributed by atoms with Gasteiger partial charge in [-0.2, -0.15) is 4.98 Å². The summed E-state index contributed by atoms with van der Waals surface area (Å²) in [6, 6.07) is 6.51. The molecule has 0 spiro atoms. The summed E-state index contributed by atoms with van der Waals surface area (Å²) in [6.45, 7) is 1.78. The Hall–Kier alpha value is -2.90. The van der Waals surface area contributed by atoms with Gasteiger partial charge in [0.15, 0.2) is 11.6 Å². The third-order valence-electron chi connectivity index (χ3n) is 2.76. The maximum absolute atomic E-state index is 13.8. The highest BCUT2D eigenvalue weighted by molar-refractivity contribution is 5.87. The number of nitrogens with one attached hydrogen (secondary N) is 1. The van der Waals surface area contributed by atoms with Crippen molar-refractivity contribution in [3.8, 4) is 5.88 Å². The highest BCUT2D eigenvalue weighted by Gasteiger charge is 2.14. The largest absolute Gasteiger partial charge is 0.471 e. The number of anilines is 2. The van der Waals surface area contributed by atoms with Crippen LogP contribution in [-0.4, -0.2) is 17.7 Å². The fraction of sp³-hybridized carbons (Fsp3) is 0.200. The summed E-state index contributed by atoms with van der Waals surface area (Å²) in [4.78, 5) is 15.2. The molecule has 6 nitrogen and oxygen atoms in total. The van der Waals surface area contributed by atoms with Crippen LogP contribution in [0, 0.1) is 11.6 Å². The standard InChI is InChI=1S/C15H15F2N3O3/c1-2-22-15(21)20-13-12(18)7-11(17)14(19-13)23-8-9-3-5-10(16)6-4-9/h3-7H,2,8,18H2,1H3,(H,19,20,21). The Morgan fingerprint density at radius 1 is 1.30 bits per heavy atom. The van der Waals surface area contributed by atoms with E-state index < -0.39 is 11.9 Å². The van der Waals surface area contributed by atoms with Crippen molar-refractivity contribution >= 4 is 17.6 Å². The van der Waals surface area contributed by atoms with Crippen molar-refractivity contribution in [1.82, 2.24) is 4.98 Å². The van der Waals surface area contributed by atoms with Gasteiger partial charge in [-0.05, 0) is 24.6 Å². The number of benzene rings is 1. The number of amides is 1. The van der Waals surface area contributed by atoms with E-state index in [2.05, 4.69) is 10.3 Å². The van der Waals surface area contributed by atoms with Crippen LogP contribution in [-0.2, 0) is 11.3 Å². The molecule has 0 aliphatic rings. The summed E-state index contributed by atoms with van der Waals surface area (Å²) in [6.07, 6.45) is -0.761. The van der Waals surface area contributed by atoms with Crippen molar-refractivity contribution in [2.75, 3.05) is 17.7 Å². The van der Waals surface area contributed by atoms with Crippen LogP contribution in [0.4, 0.5) is 25.1 Å². The summed E-state index contributed by atoms with van der Waals surface area (Å²) < 4.78 is 36.6. The molecule has 0 aliphatic heterocycles. The predicted molar refractivity (Wildman–Crippen MR) is 80.0 cm³/mol. The zero-order valence-electron chi connectivity index (χ0n) is 12.3. The minimum absolute atomic E-state index is 0.0209. The smallest absolute Gasteiger partial charge is 0.412 e. The Bertz CT molecular complexity index is 693. The van der Waals surface area contributed by atoms with Crippen molar-refractivity contribution in [3.63, 3.8) is 0 Å². The van der Waals surface area contributed by atoms with E-state index in [1.807, 2.05) is 0 Å². The highest BCUT2D eigenvalue weighted by atomic mass is 19.1. The Morgan fingerprint density at radius 3 is 2.65 bits per heavy atom. The molecule has 2 rings (SSSR count). The minimum atomic E-state index is -0.779. The van der Waals surface area contributed by atoms with Gasteiger partial charge < -0.3 is 15.2 Å². The van der Waals surface area contributed by atoms with Crippen LogP contribution in [0.3, 0.4) is 0 Å². The first kappa shape index (κ1) is 16.5. The monoisotopic (exact) mass is 323 g/mol. The van der Waals surface area contributed by atoms with E-state index >= 15 is 0 Å². The van der Waals surface area contributed by atoms with Crippen LogP contribution in [0.15, 0.2) is 30.3 Å². The number of nitrogens with two attached hydrogens (primary N) is 1. The van der Waals surface area contributed by atoms with Crippen LogP contribution in [0.25, 0.3) is 0 Å². The number of carbonyl (C=O) groups is 1. The first-order valence-electron chi connectivity index (χ1n) is 6.76. The van der Waals surface area contributed by atoms with Crippen molar-refractivity contribution in [2.24, 2.45) is 0 Å². The number of hydrogen-bond acceptors (Lipinski definition) is 5. The quantitative estimate of drug-likeness (QED) is 0.883. The zero-order chi connectivity index (χ0) is 16.8. The molecule has 1 aromatic carbocycles. The van der Waals surface area contributed by atoms with Crippen LogP contribution in [0.5, 0.6) is 5.88 Å². The van der Waals surface area contributed by atoms with E-state index in [1.54, 1.807) is 6.92 Å². The van der Waals surface area contributed by atoms with Crippen molar-refractivity contribution < 1.29 is 23.0 Å². The fourth-order valence-electron chi connectivity index (χ4n) is 1.68. The van der Waals surface area contributed by atoms with Gasteiger partial charge in [0, 0.05) is 6.07 Å². The number of nitrogens with zero attached hydrogens (tertiary/aromatic N) is 1. The average molecular weight is 323 g/mol. The molecular weight excluding hydrogens is 308 g/mol. The van der Waals surface area contributed by atoms with E-state index in [4.69, 9.17) is 15.2 Å². The average Bonchev–Trinajstić information content (AvgIpc) is 2.50. The molecule has 0 radical (unpaired) electrons. The third-order valence-corrected chi connectivity index (χ3v) is 2.76. The SMILES string of the molecule is CCOC(=O)Nc1nc(OCc2ccc(F)cc2)c(F)cc1N. The summed E-state index contributed by atoms with van der Waals surface area (Å²) in [7, 11) is 0. The van der Waals surface area contributed by atoms with Crippen LogP contribution in [0.1, 0.15) is 12.5 Å². The van der Waals surface area contributed by atoms with E-state index in [0.29, 0.717) is 5.56 Å². The summed E-state index contributed by atoms with van der Waals surface area (Å²) in [5.74, 6) is -1.57. The van der Waals surface area contributed by atoms with Gasteiger partial charge in [-0.3, -0.25) is 5.32 Å². The molecule has 2 aromatic rings. The van der Waals surface area contributed by atoms with Gasteiger partial charge in [0.05, 0.1) is 12.3 Å². The predicted octanol–water partition coefficient (Wildman–Crippen LogP) is 3.09. The van der Waals surface area contributed by atoms with Crippen molar-refractivity contribution in [3.05, 3.63) is 47.5 Å². The minimum Gasteiger partial charge on any atom is -0.471 e. The molecular formula is C15H15F2N3O3. The van der Waals surface area contributed by atoms with Crippen molar-refractivity contribution in [2.45, 2.75) is 13.5 Å². The summed E-state index contributed by atoms with van der Waals surface area (Å²) in [5, 5.41) is 2.29. The normalized spacial score (nSPS) is 10.2. The number of halogens is 2. The molecule has 0 saturated carbocycles. The first-order chi connectivity index (χ1) is 11.0. The topological polar surface area (TPSA) is 86.5 Å². The Labute approximate surface area is 131 Å². The van der Waals surface area contributed by atoms with Crippen molar-refractivity contribution in [1.29, 1.82) is 0 Å². The molecule has 0 aliphatic carbocycles. The molecule has 122 valence electrons. The highest BCUT2D eigenvalue weighted by Crippen LogP contribution is 2.24. The Kier molecular flexibility index (Phi) is 5.29. The molecule has 1 aromatic heterocycles. The lowest BCUT2D eigenvalue weighted by molar-refractivity contribution is 0.168. The van der Waals surface area contributed by atoms with Gasteiger partial charge in [-0.25, -0.2) is 13.6 Å². The molecule has 0 unspecified atom stereocenters. The lowest BCUT2D eigenvalue weighted by atomic mass is 10.2. The number of carbonyl (C=O) groups excluding carboxylic acids is 1. The van der Waals surface area contributed by atoms with Gasteiger partial charge >= 0.3 is 6.09 Å². The van der Waals surface area contributed by atoms with Crippen LogP contribution in [0.2, 0.25) is 0 Å². The Balaban J connectivity index is 2.11. The van der Waals surface area contributed by atoms with Gasteiger partial charge in [-0.1, -0.05) is 12.1 Å². The number of rotatable bonds is 5. The number of ether oxygens (including phenoxy) is 2. The van der Waals surface area contributed by atoms with Gasteiger partial charge in [0.1, 0.15) is 12.4 Å². The number of aromatic nitrogens is 1. The summed E-state index contributed by atoms with van der Waals surface area (Å²) >= 11 is 0. The molecule has 0 atom stereocenters. The molecule has 0 bridgehead atoms. The maximum atomic E-state index is 13.8. The van der Waals surface area contributed by atoms with E-state index in [1.165, 1.54) is 24.3 Å².